The second-order valence-electron chi connectivity index (χ2n) is 4.52. The fourth-order valence-electron chi connectivity index (χ4n) is 2.05. The van der Waals surface area contributed by atoms with Crippen LogP contribution in [0.1, 0.15) is 15.9 Å². The van der Waals surface area contributed by atoms with Gasteiger partial charge in [0.1, 0.15) is 0 Å². The molecule has 0 spiro atoms. The summed E-state index contributed by atoms with van der Waals surface area (Å²) >= 11 is 5.79. The first-order chi connectivity index (χ1) is 10.1. The maximum Gasteiger partial charge on any atom is 0.231 e. The number of aromatic carboxylic acids is 1. The van der Waals surface area contributed by atoms with Gasteiger partial charge < -0.3 is 24.7 Å². The van der Waals surface area contributed by atoms with Gasteiger partial charge in [0.15, 0.2) is 11.5 Å². The Morgan fingerprint density at radius 1 is 1.19 bits per heavy atom. The zero-order valence-electron chi connectivity index (χ0n) is 10.9. The molecule has 1 aliphatic heterocycles. The molecule has 1 aliphatic rings. The number of carboxylic acids is 1. The van der Waals surface area contributed by atoms with Crippen LogP contribution in [0.15, 0.2) is 36.4 Å². The smallest absolute Gasteiger partial charge is 0.231 e. The normalized spacial score (nSPS) is 12.2. The number of ether oxygens (including phenoxy) is 2. The molecule has 5 nitrogen and oxygen atoms in total. The largest absolute Gasteiger partial charge is 0.545 e. The van der Waals surface area contributed by atoms with Crippen LogP contribution in [0.3, 0.4) is 0 Å². The van der Waals surface area contributed by atoms with Crippen LogP contribution >= 0.6 is 11.6 Å². The van der Waals surface area contributed by atoms with Gasteiger partial charge in [0.25, 0.3) is 0 Å². The molecule has 0 aliphatic carbocycles. The molecule has 0 unspecified atom stereocenters. The van der Waals surface area contributed by atoms with Crippen LogP contribution in [0.2, 0.25) is 5.02 Å². The summed E-state index contributed by atoms with van der Waals surface area (Å²) in [6.07, 6.45) is 0. The van der Waals surface area contributed by atoms with Crippen LogP contribution in [0.4, 0.5) is 5.69 Å². The van der Waals surface area contributed by atoms with Crippen LogP contribution in [0.5, 0.6) is 11.5 Å². The van der Waals surface area contributed by atoms with Crippen molar-refractivity contribution in [2.45, 2.75) is 6.54 Å². The summed E-state index contributed by atoms with van der Waals surface area (Å²) in [5, 5.41) is 14.2. The molecule has 2 aromatic carbocycles. The summed E-state index contributed by atoms with van der Waals surface area (Å²) in [4.78, 5) is 10.9. The molecule has 1 N–H and O–H groups in total. The summed E-state index contributed by atoms with van der Waals surface area (Å²) < 4.78 is 10.5. The van der Waals surface area contributed by atoms with E-state index in [9.17, 15) is 9.90 Å². The molecule has 0 amide bonds. The van der Waals surface area contributed by atoms with Gasteiger partial charge in [-0.2, -0.15) is 0 Å². The molecule has 0 atom stereocenters. The summed E-state index contributed by atoms with van der Waals surface area (Å²) in [6, 6.07) is 10.3. The Kier molecular flexibility index (Phi) is 3.58. The van der Waals surface area contributed by atoms with Crippen molar-refractivity contribution in [1.82, 2.24) is 0 Å². The summed E-state index contributed by atoms with van der Waals surface area (Å²) in [7, 11) is 0. The minimum Gasteiger partial charge on any atom is -0.545 e. The maximum atomic E-state index is 10.9. The molecule has 0 aromatic heterocycles. The van der Waals surface area contributed by atoms with E-state index in [4.69, 9.17) is 21.1 Å². The van der Waals surface area contributed by atoms with Gasteiger partial charge in [0, 0.05) is 22.8 Å². The summed E-state index contributed by atoms with van der Waals surface area (Å²) in [5.41, 5.74) is 1.60. The SMILES string of the molecule is O=C([O-])c1cc(NCc2ccc3c(c2)OCO3)ccc1Cl. The van der Waals surface area contributed by atoms with Crippen LogP contribution in [0.25, 0.3) is 0 Å². The first kappa shape index (κ1) is 13.6. The van der Waals surface area contributed by atoms with Crippen molar-refractivity contribution >= 4 is 23.3 Å². The van der Waals surface area contributed by atoms with Crippen molar-refractivity contribution in [3.05, 3.63) is 52.5 Å². The summed E-state index contributed by atoms with van der Waals surface area (Å²) in [6.45, 7) is 0.753. The van der Waals surface area contributed by atoms with Gasteiger partial charge in [-0.3, -0.25) is 0 Å². The Labute approximate surface area is 126 Å². The van der Waals surface area contributed by atoms with Crippen molar-refractivity contribution in [2.75, 3.05) is 12.1 Å². The highest BCUT2D eigenvalue weighted by Crippen LogP contribution is 2.32. The molecule has 21 heavy (non-hydrogen) atoms. The van der Waals surface area contributed by atoms with Crippen LogP contribution in [0, 0.1) is 0 Å². The third-order valence-electron chi connectivity index (χ3n) is 3.12. The minimum absolute atomic E-state index is 0.0349. The predicted molar refractivity (Wildman–Crippen MR) is 75.7 cm³/mol. The lowest BCUT2D eigenvalue weighted by molar-refractivity contribution is -0.255. The average Bonchev–Trinajstić information content (AvgIpc) is 2.93. The van der Waals surface area contributed by atoms with Crippen LogP contribution < -0.4 is 19.9 Å². The van der Waals surface area contributed by atoms with Crippen molar-refractivity contribution < 1.29 is 19.4 Å². The number of halogens is 1. The van der Waals surface area contributed by atoms with Gasteiger partial charge in [-0.1, -0.05) is 17.7 Å². The topological polar surface area (TPSA) is 70.6 Å². The van der Waals surface area contributed by atoms with E-state index in [0.29, 0.717) is 18.0 Å². The molecule has 3 rings (SSSR count). The van der Waals surface area contributed by atoms with Crippen LogP contribution in [-0.2, 0) is 6.54 Å². The molecule has 0 saturated heterocycles. The van der Waals surface area contributed by atoms with E-state index >= 15 is 0 Å². The molecule has 108 valence electrons. The molecule has 6 heteroatoms. The summed E-state index contributed by atoms with van der Waals surface area (Å²) in [5.74, 6) is 0.136. The lowest BCUT2D eigenvalue weighted by Gasteiger charge is -2.11. The predicted octanol–water partition coefficient (Wildman–Crippen LogP) is 2.04. The first-order valence-electron chi connectivity index (χ1n) is 6.27. The van der Waals surface area contributed by atoms with Crippen molar-refractivity contribution in [3.63, 3.8) is 0 Å². The second-order valence-corrected chi connectivity index (χ2v) is 4.93. The molecule has 0 saturated carbocycles. The van der Waals surface area contributed by atoms with Gasteiger partial charge in [-0.05, 0) is 35.9 Å². The van der Waals surface area contributed by atoms with Crippen molar-refractivity contribution in [1.29, 1.82) is 0 Å². The minimum atomic E-state index is -1.30. The van der Waals surface area contributed by atoms with Crippen molar-refractivity contribution in [2.24, 2.45) is 0 Å². The third-order valence-corrected chi connectivity index (χ3v) is 3.45. The van der Waals surface area contributed by atoms with E-state index in [1.807, 2.05) is 18.2 Å². The molecule has 0 fully saturated rings. The van der Waals surface area contributed by atoms with E-state index in [1.165, 1.54) is 12.1 Å². The van der Waals surface area contributed by atoms with Crippen LogP contribution in [-0.4, -0.2) is 12.8 Å². The van der Waals surface area contributed by atoms with Gasteiger partial charge in [0.2, 0.25) is 6.79 Å². The molecule has 1 heterocycles. The molecular formula is C15H11ClNO4-. The third kappa shape index (κ3) is 2.87. The fourth-order valence-corrected chi connectivity index (χ4v) is 2.24. The van der Waals surface area contributed by atoms with E-state index in [1.54, 1.807) is 6.07 Å². The number of benzene rings is 2. The molecular weight excluding hydrogens is 294 g/mol. The van der Waals surface area contributed by atoms with E-state index in [0.717, 1.165) is 11.3 Å². The van der Waals surface area contributed by atoms with E-state index < -0.39 is 5.97 Å². The fraction of sp³-hybridized carbons (Fsp3) is 0.133. The average molecular weight is 305 g/mol. The number of fused-ring (bicyclic) bond motifs is 1. The Hall–Kier alpha value is -2.40. The number of hydrogen-bond acceptors (Lipinski definition) is 5. The van der Waals surface area contributed by atoms with E-state index in [2.05, 4.69) is 5.32 Å². The molecule has 0 radical (unpaired) electrons. The first-order valence-corrected chi connectivity index (χ1v) is 6.64. The quantitative estimate of drug-likeness (QED) is 0.936. The highest BCUT2D eigenvalue weighted by Gasteiger charge is 2.13. The highest BCUT2D eigenvalue weighted by atomic mass is 35.5. The lowest BCUT2D eigenvalue weighted by Crippen LogP contribution is -2.22. The Morgan fingerprint density at radius 3 is 2.81 bits per heavy atom. The van der Waals surface area contributed by atoms with Gasteiger partial charge in [-0.15, -0.1) is 0 Å². The Morgan fingerprint density at radius 2 is 2.00 bits per heavy atom. The number of rotatable bonds is 4. The van der Waals surface area contributed by atoms with Gasteiger partial charge >= 0.3 is 0 Å². The van der Waals surface area contributed by atoms with E-state index in [-0.39, 0.29) is 17.4 Å². The Balaban J connectivity index is 1.73. The maximum absolute atomic E-state index is 10.9. The Bertz CT molecular complexity index is 702. The molecule has 2 aromatic rings. The number of anilines is 1. The monoisotopic (exact) mass is 304 g/mol. The zero-order chi connectivity index (χ0) is 14.8. The molecule has 0 bridgehead atoms. The number of carbonyl (C=O) groups is 1. The van der Waals surface area contributed by atoms with Gasteiger partial charge in [-0.25, -0.2) is 0 Å². The standard InChI is InChI=1S/C15H12ClNO4/c16-12-3-2-10(6-11(12)15(18)19)17-7-9-1-4-13-14(5-9)21-8-20-13/h1-6,17H,7-8H2,(H,18,19)/p-1. The highest BCUT2D eigenvalue weighted by molar-refractivity contribution is 6.33. The lowest BCUT2D eigenvalue weighted by atomic mass is 10.1. The second kappa shape index (κ2) is 5.54. The number of hydrogen-bond donors (Lipinski definition) is 1. The zero-order valence-corrected chi connectivity index (χ0v) is 11.6. The van der Waals surface area contributed by atoms with Gasteiger partial charge in [0.05, 0.1) is 5.97 Å². The van der Waals surface area contributed by atoms with Crippen molar-refractivity contribution in [3.8, 4) is 11.5 Å². The number of nitrogens with one attached hydrogen (secondary N) is 1. The number of carboxylic acid groups (broad SMARTS) is 1. The number of carbonyl (C=O) groups excluding carboxylic acids is 1.